The highest BCUT2D eigenvalue weighted by Gasteiger charge is 2.30. The van der Waals surface area contributed by atoms with Gasteiger partial charge in [-0.1, -0.05) is 26.0 Å². The summed E-state index contributed by atoms with van der Waals surface area (Å²) >= 11 is 0. The van der Waals surface area contributed by atoms with E-state index in [1.807, 2.05) is 13.8 Å². The number of carbonyl (C=O) groups is 2. The predicted molar refractivity (Wildman–Crippen MR) is 114 cm³/mol. The quantitative estimate of drug-likeness (QED) is 0.711. The molecule has 1 heterocycles. The standard InChI is InChI=1S/C24H28F2N2O3/c1-16(2)21-15-31-22-9-5-4-8-19(22)23(29)27(3)12-6-7-13-28(21)24(30)18-11-10-17(25)14-20(18)26/h4-5,8-11,14,16,21H,6-7,12-13,15H2,1-3H3/t21-/m1/s1. The van der Waals surface area contributed by atoms with Crippen LogP contribution in [-0.2, 0) is 0 Å². The van der Waals surface area contributed by atoms with Gasteiger partial charge >= 0.3 is 0 Å². The van der Waals surface area contributed by atoms with Crippen LogP contribution in [0, 0.1) is 17.6 Å². The van der Waals surface area contributed by atoms with Crippen molar-refractivity contribution < 1.29 is 23.1 Å². The molecule has 3 rings (SSSR count). The molecule has 0 saturated carbocycles. The summed E-state index contributed by atoms with van der Waals surface area (Å²) in [4.78, 5) is 29.3. The van der Waals surface area contributed by atoms with E-state index in [2.05, 4.69) is 0 Å². The summed E-state index contributed by atoms with van der Waals surface area (Å²) < 4.78 is 33.7. The SMILES string of the molecule is CC(C)[C@H]1COc2ccccc2C(=O)N(C)CCCCN1C(=O)c1ccc(F)cc1F. The summed E-state index contributed by atoms with van der Waals surface area (Å²) in [5.74, 6) is -1.74. The number of hydrogen-bond acceptors (Lipinski definition) is 3. The largest absolute Gasteiger partial charge is 0.491 e. The lowest BCUT2D eigenvalue weighted by Crippen LogP contribution is -2.48. The second-order valence-electron chi connectivity index (χ2n) is 8.18. The van der Waals surface area contributed by atoms with Crippen molar-refractivity contribution >= 4 is 11.8 Å². The van der Waals surface area contributed by atoms with Crippen LogP contribution in [0.3, 0.4) is 0 Å². The summed E-state index contributed by atoms with van der Waals surface area (Å²) in [6.45, 7) is 4.98. The summed E-state index contributed by atoms with van der Waals surface area (Å²) in [7, 11) is 1.73. The van der Waals surface area contributed by atoms with E-state index in [4.69, 9.17) is 4.74 Å². The summed E-state index contributed by atoms with van der Waals surface area (Å²) in [5.41, 5.74) is 0.308. The van der Waals surface area contributed by atoms with E-state index in [9.17, 15) is 18.4 Å². The molecule has 0 bridgehead atoms. The molecule has 5 nitrogen and oxygen atoms in total. The van der Waals surface area contributed by atoms with Crippen LogP contribution in [0.15, 0.2) is 42.5 Å². The van der Waals surface area contributed by atoms with Crippen LogP contribution < -0.4 is 4.74 Å². The van der Waals surface area contributed by atoms with Gasteiger partial charge in [0.1, 0.15) is 24.0 Å². The third kappa shape index (κ3) is 5.21. The van der Waals surface area contributed by atoms with E-state index in [1.165, 1.54) is 6.07 Å². The number of nitrogens with zero attached hydrogens (tertiary/aromatic N) is 2. The van der Waals surface area contributed by atoms with Gasteiger partial charge in [-0.2, -0.15) is 0 Å². The molecule has 2 aromatic carbocycles. The van der Waals surface area contributed by atoms with Gasteiger partial charge in [0.15, 0.2) is 0 Å². The first kappa shape index (κ1) is 22.7. The summed E-state index contributed by atoms with van der Waals surface area (Å²) in [6, 6.07) is 9.68. The van der Waals surface area contributed by atoms with Gasteiger partial charge in [0, 0.05) is 26.2 Å². The minimum absolute atomic E-state index is 0.0148. The van der Waals surface area contributed by atoms with Gasteiger partial charge in [0.05, 0.1) is 17.2 Å². The minimum Gasteiger partial charge on any atom is -0.491 e. The van der Waals surface area contributed by atoms with Crippen molar-refractivity contribution in [2.24, 2.45) is 5.92 Å². The fraction of sp³-hybridized carbons (Fsp3) is 0.417. The van der Waals surface area contributed by atoms with Crippen molar-refractivity contribution in [3.63, 3.8) is 0 Å². The highest BCUT2D eigenvalue weighted by atomic mass is 19.1. The maximum absolute atomic E-state index is 14.4. The van der Waals surface area contributed by atoms with Crippen molar-refractivity contribution in [3.05, 3.63) is 65.2 Å². The molecule has 0 unspecified atom stereocenters. The summed E-state index contributed by atoms with van der Waals surface area (Å²) in [5, 5.41) is 0. The minimum atomic E-state index is -0.879. The van der Waals surface area contributed by atoms with Crippen LogP contribution in [0.25, 0.3) is 0 Å². The van der Waals surface area contributed by atoms with Crippen molar-refractivity contribution in [3.8, 4) is 5.75 Å². The van der Waals surface area contributed by atoms with E-state index in [0.717, 1.165) is 12.1 Å². The molecule has 2 aromatic rings. The van der Waals surface area contributed by atoms with Gasteiger partial charge in [0.25, 0.3) is 11.8 Å². The molecule has 31 heavy (non-hydrogen) atoms. The van der Waals surface area contributed by atoms with Crippen LogP contribution in [0.5, 0.6) is 5.75 Å². The molecular formula is C24H28F2N2O3. The van der Waals surface area contributed by atoms with Crippen molar-refractivity contribution in [2.75, 3.05) is 26.7 Å². The lowest BCUT2D eigenvalue weighted by atomic mass is 10.0. The van der Waals surface area contributed by atoms with Gasteiger partial charge < -0.3 is 14.5 Å². The molecule has 1 aliphatic rings. The molecule has 0 fully saturated rings. The number of halogens is 2. The predicted octanol–water partition coefficient (Wildman–Crippen LogP) is 4.38. The third-order valence-electron chi connectivity index (χ3n) is 5.61. The van der Waals surface area contributed by atoms with Crippen LogP contribution in [0.4, 0.5) is 8.78 Å². The molecule has 0 saturated heterocycles. The molecule has 1 atom stereocenters. The number of carbonyl (C=O) groups excluding carboxylic acids is 2. The molecule has 0 aromatic heterocycles. The molecular weight excluding hydrogens is 402 g/mol. The average molecular weight is 430 g/mol. The Kier molecular flexibility index (Phi) is 7.25. The zero-order valence-corrected chi connectivity index (χ0v) is 18.1. The second kappa shape index (κ2) is 9.90. The smallest absolute Gasteiger partial charge is 0.257 e. The molecule has 166 valence electrons. The van der Waals surface area contributed by atoms with E-state index in [-0.39, 0.29) is 30.0 Å². The van der Waals surface area contributed by atoms with E-state index in [1.54, 1.807) is 41.1 Å². The number of rotatable bonds is 2. The molecule has 0 radical (unpaired) electrons. The first-order valence-corrected chi connectivity index (χ1v) is 10.5. The number of para-hydroxylation sites is 1. The Hall–Kier alpha value is -2.96. The third-order valence-corrected chi connectivity index (χ3v) is 5.61. The van der Waals surface area contributed by atoms with Gasteiger partial charge in [-0.25, -0.2) is 8.78 Å². The lowest BCUT2D eigenvalue weighted by molar-refractivity contribution is 0.0510. The van der Waals surface area contributed by atoms with E-state index in [0.29, 0.717) is 37.2 Å². The molecule has 1 aliphatic heterocycles. The Morgan fingerprint density at radius 3 is 2.52 bits per heavy atom. The molecule has 0 aliphatic carbocycles. The van der Waals surface area contributed by atoms with E-state index >= 15 is 0 Å². The van der Waals surface area contributed by atoms with Gasteiger partial charge in [-0.15, -0.1) is 0 Å². The van der Waals surface area contributed by atoms with Gasteiger partial charge in [-0.3, -0.25) is 9.59 Å². The fourth-order valence-corrected chi connectivity index (χ4v) is 3.76. The average Bonchev–Trinajstić information content (AvgIpc) is 2.73. The monoisotopic (exact) mass is 430 g/mol. The van der Waals surface area contributed by atoms with Crippen LogP contribution >= 0.6 is 0 Å². The Morgan fingerprint density at radius 1 is 1.10 bits per heavy atom. The van der Waals surface area contributed by atoms with Crippen molar-refractivity contribution in [1.29, 1.82) is 0 Å². The topological polar surface area (TPSA) is 49.9 Å². The van der Waals surface area contributed by atoms with Crippen molar-refractivity contribution in [1.82, 2.24) is 9.80 Å². The van der Waals surface area contributed by atoms with E-state index < -0.39 is 17.5 Å². The maximum atomic E-state index is 14.4. The normalized spacial score (nSPS) is 18.1. The molecule has 0 spiro atoms. The molecule has 0 N–H and O–H groups in total. The highest BCUT2D eigenvalue weighted by Crippen LogP contribution is 2.24. The van der Waals surface area contributed by atoms with Crippen LogP contribution in [-0.4, -0.2) is 54.4 Å². The molecule has 7 heteroatoms. The molecule has 2 amide bonds. The van der Waals surface area contributed by atoms with Crippen LogP contribution in [0.1, 0.15) is 47.4 Å². The fourth-order valence-electron chi connectivity index (χ4n) is 3.76. The Morgan fingerprint density at radius 2 is 1.81 bits per heavy atom. The number of amides is 2. The zero-order valence-electron chi connectivity index (χ0n) is 18.1. The Labute approximate surface area is 181 Å². The first-order chi connectivity index (χ1) is 14.8. The first-order valence-electron chi connectivity index (χ1n) is 10.5. The van der Waals surface area contributed by atoms with Crippen LogP contribution in [0.2, 0.25) is 0 Å². The zero-order chi connectivity index (χ0) is 22.5. The number of hydrogen-bond donors (Lipinski definition) is 0. The Bertz CT molecular complexity index is 948. The lowest BCUT2D eigenvalue weighted by Gasteiger charge is -2.35. The van der Waals surface area contributed by atoms with Crippen molar-refractivity contribution in [2.45, 2.75) is 32.7 Å². The summed E-state index contributed by atoms with van der Waals surface area (Å²) in [6.07, 6.45) is 1.32. The number of ether oxygens (including phenoxy) is 1. The maximum Gasteiger partial charge on any atom is 0.257 e. The Balaban J connectivity index is 1.95. The highest BCUT2D eigenvalue weighted by molar-refractivity contribution is 5.97. The number of benzene rings is 2. The van der Waals surface area contributed by atoms with Gasteiger partial charge in [-0.05, 0) is 43.0 Å². The van der Waals surface area contributed by atoms with Gasteiger partial charge in [0.2, 0.25) is 0 Å². The number of fused-ring (bicyclic) bond motifs is 1. The second-order valence-corrected chi connectivity index (χ2v) is 8.18.